The number of halogens is 1. The van der Waals surface area contributed by atoms with Gasteiger partial charge < -0.3 is 5.11 Å². The van der Waals surface area contributed by atoms with Crippen LogP contribution in [0.1, 0.15) is 30.6 Å². The molecule has 1 aromatic rings. The Bertz CT molecular complexity index is 463. The van der Waals surface area contributed by atoms with E-state index in [1.807, 2.05) is 6.92 Å². The zero-order valence-corrected chi connectivity index (χ0v) is 10.9. The molecule has 0 spiro atoms. The number of carbonyl (C=O) groups is 2. The van der Waals surface area contributed by atoms with E-state index >= 15 is 0 Å². The molecule has 0 aromatic heterocycles. The highest BCUT2D eigenvalue weighted by Gasteiger charge is 2.14. The summed E-state index contributed by atoms with van der Waals surface area (Å²) in [5.41, 5.74) is 4.52. The number of aromatic hydroxyl groups is 1. The van der Waals surface area contributed by atoms with E-state index in [0.717, 1.165) is 0 Å². The number of hydrogen-bond acceptors (Lipinski definition) is 3. The van der Waals surface area contributed by atoms with E-state index in [4.69, 9.17) is 11.6 Å². The van der Waals surface area contributed by atoms with Crippen LogP contribution < -0.4 is 10.9 Å². The van der Waals surface area contributed by atoms with Crippen molar-refractivity contribution < 1.29 is 14.7 Å². The van der Waals surface area contributed by atoms with E-state index in [1.54, 1.807) is 6.92 Å². The highest BCUT2D eigenvalue weighted by molar-refractivity contribution is 6.31. The maximum absolute atomic E-state index is 11.7. The van der Waals surface area contributed by atoms with Gasteiger partial charge in [0.25, 0.3) is 5.91 Å². The number of hydrazine groups is 1. The average Bonchev–Trinajstić information content (AvgIpc) is 2.37. The van der Waals surface area contributed by atoms with Gasteiger partial charge in [-0.05, 0) is 24.6 Å². The lowest BCUT2D eigenvalue weighted by Crippen LogP contribution is -2.43. The number of benzene rings is 1. The fourth-order valence-corrected chi connectivity index (χ4v) is 1.36. The van der Waals surface area contributed by atoms with Crippen LogP contribution in [0.5, 0.6) is 5.75 Å². The second-order valence-corrected chi connectivity index (χ2v) is 4.35. The highest BCUT2D eigenvalue weighted by Crippen LogP contribution is 2.20. The SMILES string of the molecule is CCC(C)C(=O)NNC(=O)c1cc(Cl)ccc1O. The summed E-state index contributed by atoms with van der Waals surface area (Å²) in [4.78, 5) is 23.1. The lowest BCUT2D eigenvalue weighted by Gasteiger charge is -2.11. The van der Waals surface area contributed by atoms with Crippen LogP contribution in [-0.4, -0.2) is 16.9 Å². The number of rotatable bonds is 3. The zero-order chi connectivity index (χ0) is 13.7. The molecule has 0 aliphatic heterocycles. The van der Waals surface area contributed by atoms with Gasteiger partial charge in [0.15, 0.2) is 0 Å². The van der Waals surface area contributed by atoms with Crippen LogP contribution in [0.25, 0.3) is 0 Å². The first kappa shape index (κ1) is 14.3. The smallest absolute Gasteiger partial charge is 0.273 e. The summed E-state index contributed by atoms with van der Waals surface area (Å²) in [6.45, 7) is 3.62. The summed E-state index contributed by atoms with van der Waals surface area (Å²) in [5, 5.41) is 9.82. The van der Waals surface area contributed by atoms with E-state index in [2.05, 4.69) is 10.9 Å². The van der Waals surface area contributed by atoms with Crippen molar-refractivity contribution in [3.8, 4) is 5.75 Å². The van der Waals surface area contributed by atoms with E-state index in [0.29, 0.717) is 11.4 Å². The number of amides is 2. The molecule has 1 aromatic carbocycles. The quantitative estimate of drug-likeness (QED) is 0.734. The molecular weight excluding hydrogens is 256 g/mol. The van der Waals surface area contributed by atoms with Gasteiger partial charge in [-0.2, -0.15) is 0 Å². The van der Waals surface area contributed by atoms with E-state index in [9.17, 15) is 14.7 Å². The molecule has 98 valence electrons. The molecule has 0 radical (unpaired) electrons. The van der Waals surface area contributed by atoms with Crippen LogP contribution >= 0.6 is 11.6 Å². The summed E-state index contributed by atoms with van der Waals surface area (Å²) in [5.74, 6) is -1.30. The van der Waals surface area contributed by atoms with E-state index in [-0.39, 0.29) is 23.1 Å². The molecule has 1 atom stereocenters. The summed E-state index contributed by atoms with van der Waals surface area (Å²) < 4.78 is 0. The molecule has 0 bridgehead atoms. The predicted octanol–water partition coefficient (Wildman–Crippen LogP) is 1.85. The average molecular weight is 271 g/mol. The standard InChI is InChI=1S/C12H15ClN2O3/c1-3-7(2)11(17)14-15-12(18)9-6-8(13)4-5-10(9)16/h4-7,16H,3H2,1-2H3,(H,14,17)(H,15,18). The molecule has 0 fully saturated rings. The van der Waals surface area contributed by atoms with Gasteiger partial charge in [-0.1, -0.05) is 25.4 Å². The molecule has 2 amide bonds. The monoisotopic (exact) mass is 270 g/mol. The van der Waals surface area contributed by atoms with Crippen molar-refractivity contribution >= 4 is 23.4 Å². The Morgan fingerprint density at radius 1 is 1.39 bits per heavy atom. The first-order valence-electron chi connectivity index (χ1n) is 5.54. The van der Waals surface area contributed by atoms with Crippen molar-refractivity contribution in [3.63, 3.8) is 0 Å². The number of nitrogens with one attached hydrogen (secondary N) is 2. The minimum Gasteiger partial charge on any atom is -0.507 e. The Hall–Kier alpha value is -1.75. The van der Waals surface area contributed by atoms with Crippen molar-refractivity contribution in [1.29, 1.82) is 0 Å². The van der Waals surface area contributed by atoms with E-state index < -0.39 is 5.91 Å². The second kappa shape index (κ2) is 6.26. The van der Waals surface area contributed by atoms with Gasteiger partial charge in [0, 0.05) is 10.9 Å². The minimum atomic E-state index is -0.619. The molecule has 5 nitrogen and oxygen atoms in total. The van der Waals surface area contributed by atoms with Crippen LogP contribution in [0.3, 0.4) is 0 Å². The maximum Gasteiger partial charge on any atom is 0.273 e. The Balaban J connectivity index is 2.66. The zero-order valence-electron chi connectivity index (χ0n) is 10.2. The van der Waals surface area contributed by atoms with Gasteiger partial charge in [0.2, 0.25) is 5.91 Å². The van der Waals surface area contributed by atoms with Gasteiger partial charge >= 0.3 is 0 Å². The summed E-state index contributed by atoms with van der Waals surface area (Å²) in [6, 6.07) is 4.10. The van der Waals surface area contributed by atoms with Gasteiger partial charge in [0.05, 0.1) is 5.56 Å². The number of phenolic OH excluding ortho intramolecular Hbond substituents is 1. The topological polar surface area (TPSA) is 78.4 Å². The minimum absolute atomic E-state index is 0.00644. The Labute approximate surface area is 110 Å². The molecular formula is C12H15ClN2O3. The number of hydrogen-bond donors (Lipinski definition) is 3. The van der Waals surface area contributed by atoms with Crippen LogP contribution in [-0.2, 0) is 4.79 Å². The van der Waals surface area contributed by atoms with Crippen LogP contribution in [0.15, 0.2) is 18.2 Å². The second-order valence-electron chi connectivity index (χ2n) is 3.91. The van der Waals surface area contributed by atoms with Gasteiger partial charge in [-0.3, -0.25) is 20.4 Å². The van der Waals surface area contributed by atoms with Gasteiger partial charge in [-0.25, -0.2) is 0 Å². The highest BCUT2D eigenvalue weighted by atomic mass is 35.5. The van der Waals surface area contributed by atoms with Crippen LogP contribution in [0, 0.1) is 5.92 Å². The maximum atomic E-state index is 11.7. The summed E-state index contributed by atoms with van der Waals surface area (Å²) in [6.07, 6.45) is 0.671. The first-order chi connectivity index (χ1) is 8.45. The Kier molecular flexibility index (Phi) is 4.97. The predicted molar refractivity (Wildman–Crippen MR) is 68.2 cm³/mol. The fourth-order valence-electron chi connectivity index (χ4n) is 1.18. The third-order valence-corrected chi connectivity index (χ3v) is 2.80. The normalized spacial score (nSPS) is 11.7. The Morgan fingerprint density at radius 3 is 2.67 bits per heavy atom. The van der Waals surface area contributed by atoms with Crippen molar-refractivity contribution in [1.82, 2.24) is 10.9 Å². The molecule has 6 heteroatoms. The number of phenols is 1. The molecule has 0 aliphatic carbocycles. The summed E-state index contributed by atoms with van der Waals surface area (Å²) >= 11 is 5.72. The first-order valence-corrected chi connectivity index (χ1v) is 5.92. The molecule has 0 saturated carbocycles. The van der Waals surface area contributed by atoms with Crippen molar-refractivity contribution in [2.45, 2.75) is 20.3 Å². The lowest BCUT2D eigenvalue weighted by molar-refractivity contribution is -0.125. The summed E-state index contributed by atoms with van der Waals surface area (Å²) in [7, 11) is 0. The molecule has 0 heterocycles. The third kappa shape index (κ3) is 3.63. The van der Waals surface area contributed by atoms with Crippen molar-refractivity contribution in [3.05, 3.63) is 28.8 Å². The molecule has 3 N–H and O–H groups in total. The van der Waals surface area contributed by atoms with E-state index in [1.165, 1.54) is 18.2 Å². The molecule has 0 aliphatic rings. The Morgan fingerprint density at radius 2 is 2.06 bits per heavy atom. The molecule has 1 rings (SSSR count). The van der Waals surface area contributed by atoms with Crippen LogP contribution in [0.4, 0.5) is 0 Å². The van der Waals surface area contributed by atoms with Crippen molar-refractivity contribution in [2.24, 2.45) is 5.92 Å². The van der Waals surface area contributed by atoms with Crippen LogP contribution in [0.2, 0.25) is 5.02 Å². The van der Waals surface area contributed by atoms with Gasteiger partial charge in [0.1, 0.15) is 5.75 Å². The number of carbonyl (C=O) groups excluding carboxylic acids is 2. The third-order valence-electron chi connectivity index (χ3n) is 2.56. The molecule has 0 saturated heterocycles. The fraction of sp³-hybridized carbons (Fsp3) is 0.333. The molecule has 1 unspecified atom stereocenters. The van der Waals surface area contributed by atoms with Gasteiger partial charge in [-0.15, -0.1) is 0 Å². The molecule has 18 heavy (non-hydrogen) atoms. The largest absolute Gasteiger partial charge is 0.507 e. The van der Waals surface area contributed by atoms with Crippen molar-refractivity contribution in [2.75, 3.05) is 0 Å². The lowest BCUT2D eigenvalue weighted by atomic mass is 10.1.